The zero-order valence-electron chi connectivity index (χ0n) is 12.8. The summed E-state index contributed by atoms with van der Waals surface area (Å²) in [7, 11) is 0. The molecule has 108 valence electrons. The Balaban J connectivity index is 2.98. The van der Waals surface area contributed by atoms with Gasteiger partial charge in [0.25, 0.3) is 0 Å². The zero-order chi connectivity index (χ0) is 13.3. The van der Waals surface area contributed by atoms with Gasteiger partial charge in [-0.05, 0) is 25.3 Å². The summed E-state index contributed by atoms with van der Waals surface area (Å²) in [6.45, 7) is 5.35. The summed E-state index contributed by atoms with van der Waals surface area (Å²) in [6, 6.07) is 0. The summed E-state index contributed by atoms with van der Waals surface area (Å²) < 4.78 is 5.38. The van der Waals surface area contributed by atoms with Crippen LogP contribution in [0.2, 0.25) is 0 Å². The van der Waals surface area contributed by atoms with E-state index < -0.39 is 0 Å². The molecule has 0 bridgehead atoms. The van der Waals surface area contributed by atoms with E-state index in [-0.39, 0.29) is 0 Å². The van der Waals surface area contributed by atoms with Crippen LogP contribution in [0.25, 0.3) is 0 Å². The Kier molecular flexibility index (Phi) is 16.1. The van der Waals surface area contributed by atoms with Crippen molar-refractivity contribution >= 4 is 0 Å². The van der Waals surface area contributed by atoms with Crippen molar-refractivity contribution in [1.29, 1.82) is 0 Å². The van der Waals surface area contributed by atoms with Crippen molar-refractivity contribution < 1.29 is 4.74 Å². The molecule has 0 atom stereocenters. The highest BCUT2D eigenvalue weighted by Crippen LogP contribution is 2.10. The van der Waals surface area contributed by atoms with Crippen LogP contribution >= 0.6 is 0 Å². The lowest BCUT2D eigenvalue weighted by molar-refractivity contribution is 0.242. The van der Waals surface area contributed by atoms with Gasteiger partial charge >= 0.3 is 0 Å². The molecule has 0 saturated carbocycles. The molecule has 0 aromatic carbocycles. The third kappa shape index (κ3) is 15.5. The standard InChI is InChI=1S/C17H34O/c1-3-5-7-8-9-10-11-12-13-14-15-17-18-16-6-4-2/h15,17H,3-14,16H2,1-2H3. The minimum absolute atomic E-state index is 0.880. The summed E-state index contributed by atoms with van der Waals surface area (Å²) in [6.07, 6.45) is 20.3. The van der Waals surface area contributed by atoms with Gasteiger partial charge in [-0.2, -0.15) is 0 Å². The average molecular weight is 254 g/mol. The number of hydrogen-bond acceptors (Lipinski definition) is 1. The van der Waals surface area contributed by atoms with E-state index in [1.165, 1.54) is 77.0 Å². The molecule has 0 heterocycles. The third-order valence-electron chi connectivity index (χ3n) is 3.28. The van der Waals surface area contributed by atoms with Gasteiger partial charge in [0.2, 0.25) is 0 Å². The number of allylic oxidation sites excluding steroid dienone is 1. The maximum absolute atomic E-state index is 5.38. The average Bonchev–Trinajstić information content (AvgIpc) is 2.39. The molecule has 0 saturated heterocycles. The first-order chi connectivity index (χ1) is 8.91. The van der Waals surface area contributed by atoms with E-state index in [1.807, 2.05) is 6.26 Å². The summed E-state index contributed by atoms with van der Waals surface area (Å²) in [5.41, 5.74) is 0. The smallest absolute Gasteiger partial charge is 0.0873 e. The third-order valence-corrected chi connectivity index (χ3v) is 3.28. The van der Waals surface area contributed by atoms with E-state index in [4.69, 9.17) is 4.74 Å². The molecule has 0 radical (unpaired) electrons. The Labute approximate surface area is 115 Å². The van der Waals surface area contributed by atoms with Gasteiger partial charge in [-0.15, -0.1) is 0 Å². The van der Waals surface area contributed by atoms with Crippen molar-refractivity contribution in [3.8, 4) is 0 Å². The van der Waals surface area contributed by atoms with Crippen LogP contribution in [0.3, 0.4) is 0 Å². The molecule has 0 amide bonds. The lowest BCUT2D eigenvalue weighted by Gasteiger charge is -2.01. The van der Waals surface area contributed by atoms with Crippen molar-refractivity contribution in [3.63, 3.8) is 0 Å². The van der Waals surface area contributed by atoms with Crippen molar-refractivity contribution in [2.45, 2.75) is 90.9 Å². The van der Waals surface area contributed by atoms with Crippen LogP contribution in [-0.2, 0) is 4.74 Å². The lowest BCUT2D eigenvalue weighted by Crippen LogP contribution is -1.85. The normalized spacial score (nSPS) is 11.2. The van der Waals surface area contributed by atoms with Crippen molar-refractivity contribution in [2.75, 3.05) is 6.61 Å². The van der Waals surface area contributed by atoms with Crippen LogP contribution in [0.1, 0.15) is 90.9 Å². The van der Waals surface area contributed by atoms with Crippen LogP contribution in [0, 0.1) is 0 Å². The summed E-state index contributed by atoms with van der Waals surface area (Å²) in [5.74, 6) is 0. The van der Waals surface area contributed by atoms with Crippen LogP contribution < -0.4 is 0 Å². The van der Waals surface area contributed by atoms with Crippen molar-refractivity contribution in [1.82, 2.24) is 0 Å². The predicted molar refractivity (Wildman–Crippen MR) is 81.8 cm³/mol. The molecule has 0 spiro atoms. The van der Waals surface area contributed by atoms with Gasteiger partial charge in [-0.25, -0.2) is 0 Å². The van der Waals surface area contributed by atoms with Gasteiger partial charge in [0.05, 0.1) is 12.9 Å². The van der Waals surface area contributed by atoms with E-state index in [0.29, 0.717) is 0 Å². The van der Waals surface area contributed by atoms with E-state index in [1.54, 1.807) is 0 Å². The van der Waals surface area contributed by atoms with E-state index in [0.717, 1.165) is 6.61 Å². The minimum Gasteiger partial charge on any atom is -0.502 e. The lowest BCUT2D eigenvalue weighted by atomic mass is 10.1. The number of hydrogen-bond donors (Lipinski definition) is 0. The van der Waals surface area contributed by atoms with Gasteiger partial charge in [0.15, 0.2) is 0 Å². The molecule has 0 aromatic heterocycles. The predicted octanol–water partition coefficient (Wildman–Crippen LogP) is 6.24. The molecule has 0 rings (SSSR count). The molecule has 0 aliphatic heterocycles. The topological polar surface area (TPSA) is 9.23 Å². The molecule has 18 heavy (non-hydrogen) atoms. The fraction of sp³-hybridized carbons (Fsp3) is 0.882. The molecule has 0 fully saturated rings. The fourth-order valence-corrected chi connectivity index (χ4v) is 2.00. The molecular formula is C17H34O. The SMILES string of the molecule is CCCCCCCCCCCC=COCCCC. The van der Waals surface area contributed by atoms with Crippen LogP contribution in [0.5, 0.6) is 0 Å². The van der Waals surface area contributed by atoms with E-state index >= 15 is 0 Å². The Hall–Kier alpha value is -0.460. The highest BCUT2D eigenvalue weighted by molar-refractivity contribution is 4.73. The number of ether oxygens (including phenoxy) is 1. The Bertz CT molecular complexity index is 163. The summed E-state index contributed by atoms with van der Waals surface area (Å²) in [5, 5.41) is 0. The Morgan fingerprint density at radius 2 is 1.22 bits per heavy atom. The molecule has 0 aromatic rings. The first kappa shape index (κ1) is 17.5. The van der Waals surface area contributed by atoms with E-state index in [9.17, 15) is 0 Å². The molecular weight excluding hydrogens is 220 g/mol. The van der Waals surface area contributed by atoms with Crippen LogP contribution in [0.4, 0.5) is 0 Å². The first-order valence-electron chi connectivity index (χ1n) is 8.18. The fourth-order valence-electron chi connectivity index (χ4n) is 2.00. The maximum Gasteiger partial charge on any atom is 0.0873 e. The van der Waals surface area contributed by atoms with Gasteiger partial charge in [-0.3, -0.25) is 0 Å². The van der Waals surface area contributed by atoms with E-state index in [2.05, 4.69) is 19.9 Å². The van der Waals surface area contributed by atoms with Crippen molar-refractivity contribution in [3.05, 3.63) is 12.3 Å². The van der Waals surface area contributed by atoms with Gasteiger partial charge < -0.3 is 4.74 Å². The summed E-state index contributed by atoms with van der Waals surface area (Å²) in [4.78, 5) is 0. The zero-order valence-corrected chi connectivity index (χ0v) is 12.8. The number of unbranched alkanes of at least 4 members (excludes halogenated alkanes) is 10. The van der Waals surface area contributed by atoms with Crippen LogP contribution in [-0.4, -0.2) is 6.61 Å². The highest BCUT2D eigenvalue weighted by Gasteiger charge is 1.91. The molecule has 0 aliphatic rings. The highest BCUT2D eigenvalue weighted by atomic mass is 16.5. The second-order valence-electron chi connectivity index (χ2n) is 5.21. The second kappa shape index (κ2) is 16.5. The van der Waals surface area contributed by atoms with Gasteiger partial charge in [0, 0.05) is 0 Å². The van der Waals surface area contributed by atoms with Gasteiger partial charge in [-0.1, -0.05) is 71.6 Å². The molecule has 1 nitrogen and oxygen atoms in total. The molecule has 0 N–H and O–H groups in total. The molecule has 0 unspecified atom stereocenters. The molecule has 0 aliphatic carbocycles. The largest absolute Gasteiger partial charge is 0.502 e. The van der Waals surface area contributed by atoms with Crippen LogP contribution in [0.15, 0.2) is 12.3 Å². The van der Waals surface area contributed by atoms with Crippen molar-refractivity contribution in [2.24, 2.45) is 0 Å². The minimum atomic E-state index is 0.880. The Morgan fingerprint density at radius 1 is 0.667 bits per heavy atom. The quantitative estimate of drug-likeness (QED) is 0.263. The Morgan fingerprint density at radius 3 is 1.83 bits per heavy atom. The summed E-state index contributed by atoms with van der Waals surface area (Å²) >= 11 is 0. The molecule has 1 heteroatoms. The first-order valence-corrected chi connectivity index (χ1v) is 8.18. The number of rotatable bonds is 14. The second-order valence-corrected chi connectivity index (χ2v) is 5.21. The maximum atomic E-state index is 5.38. The van der Waals surface area contributed by atoms with Gasteiger partial charge in [0.1, 0.15) is 0 Å². The monoisotopic (exact) mass is 254 g/mol.